The van der Waals surface area contributed by atoms with Crippen molar-refractivity contribution in [1.82, 2.24) is 10.2 Å². The lowest BCUT2D eigenvalue weighted by Crippen LogP contribution is -2.26. The van der Waals surface area contributed by atoms with Gasteiger partial charge in [0.05, 0.1) is 6.26 Å². The summed E-state index contributed by atoms with van der Waals surface area (Å²) in [4.78, 5) is 15.3. The molecular formula is C19H18N2O2S. The van der Waals surface area contributed by atoms with Crippen LogP contribution in [0.1, 0.15) is 11.1 Å². The molecule has 3 heterocycles. The summed E-state index contributed by atoms with van der Waals surface area (Å²) in [7, 11) is 0. The highest BCUT2D eigenvalue weighted by atomic mass is 32.2. The van der Waals surface area contributed by atoms with Crippen LogP contribution in [0.4, 0.5) is 0 Å². The monoisotopic (exact) mass is 338 g/mol. The Bertz CT molecular complexity index is 847. The molecule has 122 valence electrons. The normalized spacial score (nSPS) is 19.3. The van der Waals surface area contributed by atoms with Gasteiger partial charge in [-0.15, -0.1) is 11.8 Å². The quantitative estimate of drug-likeness (QED) is 0.687. The van der Waals surface area contributed by atoms with Crippen LogP contribution in [0.25, 0.3) is 23.1 Å². The first-order chi connectivity index (χ1) is 11.8. The van der Waals surface area contributed by atoms with Crippen LogP contribution in [0.5, 0.6) is 0 Å². The molecule has 0 radical (unpaired) electrons. The van der Waals surface area contributed by atoms with Gasteiger partial charge >= 0.3 is 0 Å². The number of amides is 1. The summed E-state index contributed by atoms with van der Waals surface area (Å²) < 4.78 is 5.61. The van der Waals surface area contributed by atoms with Crippen LogP contribution in [0.15, 0.2) is 52.0 Å². The fourth-order valence-electron chi connectivity index (χ4n) is 2.86. The Morgan fingerprint density at radius 2 is 2.17 bits per heavy atom. The third-order valence-electron chi connectivity index (χ3n) is 4.15. The summed E-state index contributed by atoms with van der Waals surface area (Å²) in [5, 5.41) is 4.34. The van der Waals surface area contributed by atoms with Crippen molar-refractivity contribution in [3.05, 3.63) is 58.7 Å². The number of carbonyl (C=O) groups excluding carboxylic acids is 1. The molecule has 1 fully saturated rings. The van der Waals surface area contributed by atoms with Crippen molar-refractivity contribution >= 4 is 40.8 Å². The van der Waals surface area contributed by atoms with Gasteiger partial charge in [0.1, 0.15) is 5.58 Å². The van der Waals surface area contributed by atoms with Gasteiger partial charge in [-0.25, -0.2) is 0 Å². The van der Waals surface area contributed by atoms with Crippen molar-refractivity contribution in [3.8, 4) is 0 Å². The molecule has 0 saturated carbocycles. The van der Waals surface area contributed by atoms with Crippen molar-refractivity contribution in [2.24, 2.45) is 0 Å². The molecule has 1 aromatic carbocycles. The van der Waals surface area contributed by atoms with Gasteiger partial charge in [-0.05, 0) is 29.8 Å². The predicted molar refractivity (Wildman–Crippen MR) is 99.4 cm³/mol. The van der Waals surface area contributed by atoms with E-state index in [4.69, 9.17) is 4.42 Å². The molecule has 24 heavy (non-hydrogen) atoms. The molecule has 4 rings (SSSR count). The zero-order chi connectivity index (χ0) is 16.4. The predicted octanol–water partition coefficient (Wildman–Crippen LogP) is 3.48. The van der Waals surface area contributed by atoms with E-state index in [1.807, 2.05) is 36.1 Å². The lowest BCUT2D eigenvalue weighted by atomic mass is 10.1. The van der Waals surface area contributed by atoms with Gasteiger partial charge in [-0.2, -0.15) is 0 Å². The maximum atomic E-state index is 12.1. The molecule has 1 amide bonds. The summed E-state index contributed by atoms with van der Waals surface area (Å²) in [5.41, 5.74) is 2.92. The molecule has 1 N–H and O–H groups in total. The largest absolute Gasteiger partial charge is 0.464 e. The molecule has 2 aliphatic heterocycles. The Kier molecular flexibility index (Phi) is 4.28. The number of rotatable bonds is 3. The highest BCUT2D eigenvalue weighted by Gasteiger charge is 2.12. The first kappa shape index (κ1) is 15.3. The molecule has 1 aromatic heterocycles. The average molecular weight is 338 g/mol. The van der Waals surface area contributed by atoms with E-state index in [1.165, 1.54) is 4.91 Å². The van der Waals surface area contributed by atoms with Crippen LogP contribution < -0.4 is 5.32 Å². The summed E-state index contributed by atoms with van der Waals surface area (Å²) in [6, 6.07) is 6.16. The topological polar surface area (TPSA) is 45.5 Å². The van der Waals surface area contributed by atoms with E-state index in [9.17, 15) is 4.79 Å². The van der Waals surface area contributed by atoms with Gasteiger partial charge in [0.2, 0.25) is 5.91 Å². The summed E-state index contributed by atoms with van der Waals surface area (Å²) in [6.45, 7) is 2.32. The maximum Gasteiger partial charge on any atom is 0.247 e. The number of hydrogen-bond donors (Lipinski definition) is 1. The van der Waals surface area contributed by atoms with E-state index in [0.717, 1.165) is 34.5 Å². The van der Waals surface area contributed by atoms with Crippen LogP contribution in [-0.4, -0.2) is 36.3 Å². The van der Waals surface area contributed by atoms with Gasteiger partial charge in [-0.3, -0.25) is 4.79 Å². The van der Waals surface area contributed by atoms with Crippen molar-refractivity contribution in [2.75, 3.05) is 25.5 Å². The highest BCUT2D eigenvalue weighted by molar-refractivity contribution is 8.03. The second-order valence-electron chi connectivity index (χ2n) is 5.82. The lowest BCUT2D eigenvalue weighted by molar-refractivity contribution is -0.124. The first-order valence-corrected chi connectivity index (χ1v) is 8.95. The van der Waals surface area contributed by atoms with Gasteiger partial charge in [0, 0.05) is 47.4 Å². The Hall–Kier alpha value is -2.24. The summed E-state index contributed by atoms with van der Waals surface area (Å²) in [5.74, 6) is 1.00. The maximum absolute atomic E-state index is 12.1. The number of thioether (sulfide) groups is 1. The SMILES string of the molecule is O=C(C=Cc1coc2ccc(C=C3CNCS3)cc12)N1CC=CC1. The lowest BCUT2D eigenvalue weighted by Gasteiger charge is -2.11. The smallest absolute Gasteiger partial charge is 0.247 e. The van der Waals surface area contributed by atoms with Crippen LogP contribution in [0.2, 0.25) is 0 Å². The van der Waals surface area contributed by atoms with E-state index in [-0.39, 0.29) is 5.91 Å². The summed E-state index contributed by atoms with van der Waals surface area (Å²) >= 11 is 1.83. The fourth-order valence-corrected chi connectivity index (χ4v) is 3.67. The van der Waals surface area contributed by atoms with Crippen molar-refractivity contribution < 1.29 is 9.21 Å². The number of carbonyl (C=O) groups is 1. The van der Waals surface area contributed by atoms with Gasteiger partial charge in [-0.1, -0.05) is 18.2 Å². The molecule has 0 aliphatic carbocycles. The minimum atomic E-state index is 0.0288. The average Bonchev–Trinajstić information content (AvgIpc) is 3.34. The van der Waals surface area contributed by atoms with Crippen LogP contribution in [-0.2, 0) is 4.79 Å². The minimum Gasteiger partial charge on any atom is -0.464 e. The van der Waals surface area contributed by atoms with E-state index in [2.05, 4.69) is 23.5 Å². The number of benzene rings is 1. The molecule has 0 atom stereocenters. The molecule has 2 aromatic rings. The Balaban J connectivity index is 1.58. The third kappa shape index (κ3) is 3.18. The van der Waals surface area contributed by atoms with Crippen LogP contribution in [0.3, 0.4) is 0 Å². The number of hydrogen-bond acceptors (Lipinski definition) is 4. The van der Waals surface area contributed by atoms with E-state index >= 15 is 0 Å². The molecule has 2 aliphatic rings. The molecule has 4 nitrogen and oxygen atoms in total. The number of nitrogens with one attached hydrogen (secondary N) is 1. The van der Waals surface area contributed by atoms with Gasteiger partial charge in [0.25, 0.3) is 0 Å². The van der Waals surface area contributed by atoms with E-state index in [0.29, 0.717) is 13.1 Å². The third-order valence-corrected chi connectivity index (χ3v) is 5.13. The first-order valence-electron chi connectivity index (χ1n) is 7.97. The van der Waals surface area contributed by atoms with E-state index in [1.54, 1.807) is 17.2 Å². The molecule has 1 saturated heterocycles. The molecule has 0 spiro atoms. The van der Waals surface area contributed by atoms with Gasteiger partial charge in [0.15, 0.2) is 0 Å². The van der Waals surface area contributed by atoms with Gasteiger partial charge < -0.3 is 14.6 Å². The van der Waals surface area contributed by atoms with Crippen molar-refractivity contribution in [3.63, 3.8) is 0 Å². The number of furan rings is 1. The van der Waals surface area contributed by atoms with Crippen molar-refractivity contribution in [2.45, 2.75) is 0 Å². The molecule has 5 heteroatoms. The Morgan fingerprint density at radius 1 is 1.29 bits per heavy atom. The Labute approximate surface area is 144 Å². The van der Waals surface area contributed by atoms with Crippen LogP contribution in [0, 0.1) is 0 Å². The number of nitrogens with zero attached hydrogens (tertiary/aromatic N) is 1. The second kappa shape index (κ2) is 6.71. The van der Waals surface area contributed by atoms with Crippen LogP contribution >= 0.6 is 11.8 Å². The fraction of sp³-hybridized carbons (Fsp3) is 0.211. The second-order valence-corrected chi connectivity index (χ2v) is 6.92. The molecule has 0 unspecified atom stereocenters. The highest BCUT2D eigenvalue weighted by Crippen LogP contribution is 2.27. The Morgan fingerprint density at radius 3 is 2.96 bits per heavy atom. The van der Waals surface area contributed by atoms with E-state index < -0.39 is 0 Å². The minimum absolute atomic E-state index is 0.0288. The number of fused-ring (bicyclic) bond motifs is 1. The molecule has 0 bridgehead atoms. The molecular weight excluding hydrogens is 320 g/mol. The zero-order valence-electron chi connectivity index (χ0n) is 13.2. The van der Waals surface area contributed by atoms with Crippen molar-refractivity contribution in [1.29, 1.82) is 0 Å². The zero-order valence-corrected chi connectivity index (χ0v) is 14.0. The summed E-state index contributed by atoms with van der Waals surface area (Å²) in [6.07, 6.45) is 11.4. The standard InChI is InChI=1S/C19H18N2O2S/c22-19(21-7-1-2-8-21)6-4-15-12-23-18-5-3-14(10-17(15)18)9-16-11-20-13-24-16/h1-6,9-10,12,20H,7-8,11,13H2.